The maximum atomic E-state index is 12.4. The van der Waals surface area contributed by atoms with E-state index in [2.05, 4.69) is 0 Å². The fourth-order valence-electron chi connectivity index (χ4n) is 2.28. The summed E-state index contributed by atoms with van der Waals surface area (Å²) in [5, 5.41) is 0.651. The van der Waals surface area contributed by atoms with Gasteiger partial charge < -0.3 is 4.42 Å². The van der Waals surface area contributed by atoms with Crippen molar-refractivity contribution in [1.82, 2.24) is 4.90 Å². The number of hydrogen-bond acceptors (Lipinski definition) is 4. The van der Waals surface area contributed by atoms with Gasteiger partial charge in [-0.1, -0.05) is 47.7 Å². The van der Waals surface area contributed by atoms with E-state index in [1.54, 1.807) is 11.0 Å². The highest BCUT2D eigenvalue weighted by Gasteiger charge is 2.33. The Labute approximate surface area is 149 Å². The Kier molecular flexibility index (Phi) is 4.62. The van der Waals surface area contributed by atoms with E-state index in [4.69, 9.17) is 28.2 Å². The molecule has 6 heteroatoms. The molecule has 0 saturated carbocycles. The molecule has 1 aliphatic heterocycles. The molecule has 3 rings (SSSR count). The molecular weight excluding hydrogens is 350 g/mol. The fraction of sp³-hybridized carbons (Fsp3) is 0.176. The van der Waals surface area contributed by atoms with Crippen LogP contribution >= 0.6 is 35.6 Å². The van der Waals surface area contributed by atoms with Gasteiger partial charge >= 0.3 is 0 Å². The molecule has 1 aliphatic rings. The highest BCUT2D eigenvalue weighted by Crippen LogP contribution is 2.34. The summed E-state index contributed by atoms with van der Waals surface area (Å²) >= 11 is 12.6. The van der Waals surface area contributed by atoms with E-state index in [1.807, 2.05) is 50.2 Å². The molecule has 118 valence electrons. The van der Waals surface area contributed by atoms with Crippen LogP contribution in [0.25, 0.3) is 17.4 Å². The van der Waals surface area contributed by atoms with Crippen molar-refractivity contribution in [2.45, 2.75) is 19.9 Å². The summed E-state index contributed by atoms with van der Waals surface area (Å²) in [7, 11) is 0. The zero-order valence-electron chi connectivity index (χ0n) is 12.6. The minimum Gasteiger partial charge on any atom is -0.457 e. The predicted octanol–water partition coefficient (Wildman–Crippen LogP) is 5.21. The number of thioether (sulfide) groups is 1. The van der Waals surface area contributed by atoms with Crippen molar-refractivity contribution in [2.75, 3.05) is 0 Å². The lowest BCUT2D eigenvalue weighted by molar-refractivity contribution is -0.123. The van der Waals surface area contributed by atoms with Gasteiger partial charge in [0.2, 0.25) is 0 Å². The highest BCUT2D eigenvalue weighted by atomic mass is 35.5. The second-order valence-electron chi connectivity index (χ2n) is 5.36. The Morgan fingerprint density at radius 1 is 1.30 bits per heavy atom. The molecular formula is C17H14ClNO2S2. The van der Waals surface area contributed by atoms with Crippen LogP contribution in [0.5, 0.6) is 0 Å². The number of rotatable bonds is 3. The summed E-state index contributed by atoms with van der Waals surface area (Å²) in [4.78, 5) is 14.6. The molecule has 1 aromatic heterocycles. The van der Waals surface area contributed by atoms with Crippen molar-refractivity contribution in [3.63, 3.8) is 0 Å². The fourth-order valence-corrected chi connectivity index (χ4v) is 3.98. The zero-order valence-corrected chi connectivity index (χ0v) is 15.0. The molecule has 23 heavy (non-hydrogen) atoms. The lowest BCUT2D eigenvalue weighted by atomic mass is 10.2. The zero-order chi connectivity index (χ0) is 16.6. The Hall–Kier alpha value is -1.56. The number of benzene rings is 1. The molecule has 0 spiro atoms. The number of thiocarbonyl (C=S) groups is 1. The Morgan fingerprint density at radius 2 is 2.09 bits per heavy atom. The molecule has 0 aliphatic carbocycles. The van der Waals surface area contributed by atoms with Crippen LogP contribution in [0, 0.1) is 0 Å². The van der Waals surface area contributed by atoms with Crippen molar-refractivity contribution in [1.29, 1.82) is 0 Å². The molecule has 0 N–H and O–H groups in total. The number of hydrogen-bond donors (Lipinski definition) is 0. The number of carbonyl (C=O) groups is 1. The van der Waals surface area contributed by atoms with Crippen LogP contribution in [0.15, 0.2) is 45.7 Å². The minimum atomic E-state index is -0.0734. The number of carbonyl (C=O) groups excluding carboxylic acids is 1. The molecule has 0 radical (unpaired) electrons. The molecule has 2 heterocycles. The molecule has 1 saturated heterocycles. The van der Waals surface area contributed by atoms with Crippen molar-refractivity contribution >= 4 is 51.9 Å². The molecule has 2 aromatic rings. The van der Waals surface area contributed by atoms with Crippen LogP contribution in [0.3, 0.4) is 0 Å². The summed E-state index contributed by atoms with van der Waals surface area (Å²) < 4.78 is 6.38. The van der Waals surface area contributed by atoms with Gasteiger partial charge in [0.15, 0.2) is 0 Å². The Morgan fingerprint density at radius 3 is 2.74 bits per heavy atom. The molecule has 3 nitrogen and oxygen atoms in total. The first-order valence-electron chi connectivity index (χ1n) is 7.08. The van der Waals surface area contributed by atoms with Gasteiger partial charge in [-0.3, -0.25) is 9.69 Å². The maximum absolute atomic E-state index is 12.4. The number of furan rings is 1. The van der Waals surface area contributed by atoms with Gasteiger partial charge in [-0.15, -0.1) is 0 Å². The van der Waals surface area contributed by atoms with E-state index in [0.717, 1.165) is 5.56 Å². The summed E-state index contributed by atoms with van der Waals surface area (Å²) in [6.07, 6.45) is 1.73. The Balaban J connectivity index is 1.87. The highest BCUT2D eigenvalue weighted by molar-refractivity contribution is 8.26. The van der Waals surface area contributed by atoms with Gasteiger partial charge in [-0.25, -0.2) is 0 Å². The SMILES string of the molecule is CC(C)N1C(=O)/C(=C\c2ccc(-c3cccc(Cl)c3)o2)SC1=S. The lowest BCUT2D eigenvalue weighted by Gasteiger charge is -2.18. The van der Waals surface area contributed by atoms with Crippen LogP contribution < -0.4 is 0 Å². The quantitative estimate of drug-likeness (QED) is 0.553. The second kappa shape index (κ2) is 6.51. The number of halogens is 1. The third kappa shape index (κ3) is 3.37. The molecule has 1 fully saturated rings. The van der Waals surface area contributed by atoms with E-state index in [0.29, 0.717) is 25.8 Å². The molecule has 1 amide bonds. The van der Waals surface area contributed by atoms with Crippen LogP contribution in [0.2, 0.25) is 5.02 Å². The number of amides is 1. The van der Waals surface area contributed by atoms with Gasteiger partial charge in [0, 0.05) is 22.7 Å². The third-order valence-corrected chi connectivity index (χ3v) is 4.91. The van der Waals surface area contributed by atoms with E-state index >= 15 is 0 Å². The van der Waals surface area contributed by atoms with Gasteiger partial charge in [-0.2, -0.15) is 0 Å². The van der Waals surface area contributed by atoms with Crippen molar-refractivity contribution in [3.05, 3.63) is 52.1 Å². The molecule has 0 bridgehead atoms. The number of nitrogens with zero attached hydrogens (tertiary/aromatic N) is 1. The van der Waals surface area contributed by atoms with Gasteiger partial charge in [0.05, 0.1) is 4.91 Å². The first-order valence-corrected chi connectivity index (χ1v) is 8.69. The minimum absolute atomic E-state index is 0.0482. The average Bonchev–Trinajstić information content (AvgIpc) is 3.05. The smallest absolute Gasteiger partial charge is 0.266 e. The Bertz CT molecular complexity index is 810. The summed E-state index contributed by atoms with van der Waals surface area (Å²) in [5.74, 6) is 1.25. The second-order valence-corrected chi connectivity index (χ2v) is 7.47. The lowest BCUT2D eigenvalue weighted by Crippen LogP contribution is -2.34. The van der Waals surface area contributed by atoms with Crippen LogP contribution in [-0.4, -0.2) is 21.2 Å². The largest absolute Gasteiger partial charge is 0.457 e. The monoisotopic (exact) mass is 363 g/mol. The summed E-state index contributed by atoms with van der Waals surface area (Å²) in [6, 6.07) is 11.2. The molecule has 0 unspecified atom stereocenters. The van der Waals surface area contributed by atoms with Gasteiger partial charge in [-0.05, 0) is 38.1 Å². The normalized spacial score (nSPS) is 16.9. The first-order chi connectivity index (χ1) is 11.0. The van der Waals surface area contributed by atoms with E-state index in [-0.39, 0.29) is 11.9 Å². The van der Waals surface area contributed by atoms with Gasteiger partial charge in [0.1, 0.15) is 15.8 Å². The van der Waals surface area contributed by atoms with Crippen LogP contribution in [0.4, 0.5) is 0 Å². The summed E-state index contributed by atoms with van der Waals surface area (Å²) in [5.41, 5.74) is 0.895. The maximum Gasteiger partial charge on any atom is 0.266 e. The standard InChI is InChI=1S/C17H14ClNO2S2/c1-10(2)19-16(20)15(23-17(19)22)9-13-6-7-14(21-13)11-4-3-5-12(18)8-11/h3-10H,1-2H3/b15-9+. The third-order valence-electron chi connectivity index (χ3n) is 3.35. The predicted molar refractivity (Wildman–Crippen MR) is 99.3 cm³/mol. The van der Waals surface area contributed by atoms with Gasteiger partial charge in [0.25, 0.3) is 5.91 Å². The molecule has 0 atom stereocenters. The topological polar surface area (TPSA) is 33.5 Å². The molecule has 1 aromatic carbocycles. The average molecular weight is 364 g/mol. The van der Waals surface area contributed by atoms with E-state index in [1.165, 1.54) is 11.8 Å². The van der Waals surface area contributed by atoms with Crippen molar-refractivity contribution < 1.29 is 9.21 Å². The van der Waals surface area contributed by atoms with E-state index in [9.17, 15) is 4.79 Å². The van der Waals surface area contributed by atoms with Crippen molar-refractivity contribution in [2.24, 2.45) is 0 Å². The summed E-state index contributed by atoms with van der Waals surface area (Å²) in [6.45, 7) is 3.88. The first kappa shape index (κ1) is 16.3. The van der Waals surface area contributed by atoms with E-state index < -0.39 is 0 Å². The van der Waals surface area contributed by atoms with Crippen LogP contribution in [-0.2, 0) is 4.79 Å². The van der Waals surface area contributed by atoms with Crippen LogP contribution in [0.1, 0.15) is 19.6 Å². The van der Waals surface area contributed by atoms with Crippen molar-refractivity contribution in [3.8, 4) is 11.3 Å².